The molecule has 7 nitrogen and oxygen atoms in total. The van der Waals surface area contributed by atoms with Crippen molar-refractivity contribution in [3.05, 3.63) is 35.9 Å². The topological polar surface area (TPSA) is 132 Å². The van der Waals surface area contributed by atoms with Crippen LogP contribution in [0.25, 0.3) is 0 Å². The molecule has 0 atom stereocenters. The van der Waals surface area contributed by atoms with Crippen molar-refractivity contribution in [1.29, 1.82) is 0 Å². The summed E-state index contributed by atoms with van der Waals surface area (Å²) in [6.45, 7) is 2.08. The van der Waals surface area contributed by atoms with E-state index in [0.717, 1.165) is 0 Å². The summed E-state index contributed by atoms with van der Waals surface area (Å²) in [6.07, 6.45) is -2.29. The van der Waals surface area contributed by atoms with Crippen LogP contribution in [0.3, 0.4) is 0 Å². The lowest BCUT2D eigenvalue weighted by atomic mass is 9.96. The summed E-state index contributed by atoms with van der Waals surface area (Å²) >= 11 is 0. The van der Waals surface area contributed by atoms with Gasteiger partial charge in [0.1, 0.15) is 0 Å². The molecule has 1 aromatic carbocycles. The van der Waals surface area contributed by atoms with E-state index in [0.29, 0.717) is 0 Å². The molecule has 0 unspecified atom stereocenters. The summed E-state index contributed by atoms with van der Waals surface area (Å²) in [5, 5.41) is 33.8. The maximum atomic E-state index is 10.3. The number of aliphatic carboxylic acids is 3. The second-order valence-corrected chi connectivity index (χ2v) is 4.13. The van der Waals surface area contributed by atoms with Gasteiger partial charge in [0.25, 0.3) is 0 Å². The van der Waals surface area contributed by atoms with Crippen LogP contribution in [0.5, 0.6) is 0 Å². The number of carboxylic acids is 3. The van der Waals surface area contributed by atoms with E-state index in [1.54, 1.807) is 0 Å². The van der Waals surface area contributed by atoms with Gasteiger partial charge in [0, 0.05) is 0 Å². The van der Waals surface area contributed by atoms with Gasteiger partial charge in [-0.25, -0.2) is 4.79 Å². The van der Waals surface area contributed by atoms with Crippen LogP contribution in [-0.4, -0.2) is 43.9 Å². The molecule has 0 saturated carbocycles. The first-order valence-electron chi connectivity index (χ1n) is 5.58. The molecule has 110 valence electrons. The van der Waals surface area contributed by atoms with Crippen molar-refractivity contribution >= 4 is 17.9 Å². The van der Waals surface area contributed by atoms with Crippen molar-refractivity contribution in [2.75, 3.05) is 0 Å². The first-order valence-corrected chi connectivity index (χ1v) is 5.58. The highest BCUT2D eigenvalue weighted by Gasteiger charge is 2.40. The summed E-state index contributed by atoms with van der Waals surface area (Å²) < 4.78 is 0. The Morgan fingerprint density at radius 1 is 0.950 bits per heavy atom. The van der Waals surface area contributed by atoms with E-state index >= 15 is 0 Å². The number of carboxylic acid groups (broad SMARTS) is 3. The standard InChI is InChI=1S/C7H8.C6H8O7/c1-7-5-3-2-4-6-7;7-3(8)1-6(13,5(11)12)2-4(9)10/h2-6H,1H3;13H,1-2H2,(H,7,8)(H,9,10)(H,11,12). The predicted octanol–water partition coefficient (Wildman–Crippen LogP) is 0.747. The highest BCUT2D eigenvalue weighted by molar-refractivity contribution is 5.88. The van der Waals surface area contributed by atoms with Gasteiger partial charge in [-0.15, -0.1) is 0 Å². The number of carbonyl (C=O) groups is 3. The Morgan fingerprint density at radius 2 is 1.35 bits per heavy atom. The van der Waals surface area contributed by atoms with Crippen molar-refractivity contribution in [3.8, 4) is 0 Å². The lowest BCUT2D eigenvalue weighted by molar-refractivity contribution is -0.170. The van der Waals surface area contributed by atoms with E-state index in [-0.39, 0.29) is 0 Å². The number of hydrogen-bond donors (Lipinski definition) is 4. The number of benzene rings is 1. The Hall–Kier alpha value is -2.41. The van der Waals surface area contributed by atoms with Gasteiger partial charge >= 0.3 is 17.9 Å². The molecule has 7 heteroatoms. The molecule has 0 aliphatic carbocycles. The second-order valence-electron chi connectivity index (χ2n) is 4.13. The van der Waals surface area contributed by atoms with E-state index in [2.05, 4.69) is 19.1 Å². The molecule has 0 aliphatic heterocycles. The van der Waals surface area contributed by atoms with Crippen molar-refractivity contribution in [3.63, 3.8) is 0 Å². The van der Waals surface area contributed by atoms with Gasteiger partial charge in [-0.3, -0.25) is 9.59 Å². The van der Waals surface area contributed by atoms with Crippen molar-refractivity contribution in [2.45, 2.75) is 25.4 Å². The van der Waals surface area contributed by atoms with Crippen LogP contribution in [0.15, 0.2) is 30.3 Å². The minimum atomic E-state index is -2.74. The van der Waals surface area contributed by atoms with E-state index in [1.807, 2.05) is 18.2 Å². The minimum Gasteiger partial charge on any atom is -0.481 e. The summed E-state index contributed by atoms with van der Waals surface area (Å²) in [5.74, 6) is -5.02. The van der Waals surface area contributed by atoms with E-state index < -0.39 is 36.4 Å². The molecule has 4 N–H and O–H groups in total. The molecule has 0 aliphatic rings. The van der Waals surface area contributed by atoms with Crippen LogP contribution in [0, 0.1) is 6.92 Å². The smallest absolute Gasteiger partial charge is 0.336 e. The van der Waals surface area contributed by atoms with Crippen molar-refractivity contribution in [2.24, 2.45) is 0 Å². The lowest BCUT2D eigenvalue weighted by Gasteiger charge is -2.18. The van der Waals surface area contributed by atoms with Crippen LogP contribution in [0.4, 0.5) is 0 Å². The molecule has 0 amide bonds. The number of hydrogen-bond acceptors (Lipinski definition) is 4. The first kappa shape index (κ1) is 17.6. The Bertz CT molecular complexity index is 451. The third-order valence-electron chi connectivity index (χ3n) is 2.23. The zero-order chi connectivity index (χ0) is 15.8. The van der Waals surface area contributed by atoms with E-state index in [1.165, 1.54) is 5.56 Å². The molecular formula is C13H16O7. The minimum absolute atomic E-state index is 1.14. The normalized spacial score (nSPS) is 10.1. The quantitative estimate of drug-likeness (QED) is 0.627. The number of aliphatic hydroxyl groups is 1. The fourth-order valence-electron chi connectivity index (χ4n) is 1.25. The van der Waals surface area contributed by atoms with Crippen LogP contribution in [0.2, 0.25) is 0 Å². The molecule has 0 aromatic heterocycles. The molecular weight excluding hydrogens is 268 g/mol. The van der Waals surface area contributed by atoms with Crippen LogP contribution >= 0.6 is 0 Å². The maximum absolute atomic E-state index is 10.3. The Labute approximate surface area is 115 Å². The molecule has 0 radical (unpaired) electrons. The maximum Gasteiger partial charge on any atom is 0.336 e. The molecule has 0 heterocycles. The van der Waals surface area contributed by atoms with Gasteiger partial charge in [0.05, 0.1) is 12.8 Å². The zero-order valence-electron chi connectivity index (χ0n) is 10.8. The monoisotopic (exact) mass is 284 g/mol. The average molecular weight is 284 g/mol. The van der Waals surface area contributed by atoms with Gasteiger partial charge in [-0.1, -0.05) is 35.9 Å². The van der Waals surface area contributed by atoms with Gasteiger partial charge in [0.15, 0.2) is 5.60 Å². The molecule has 0 bridgehead atoms. The van der Waals surface area contributed by atoms with Crippen LogP contribution in [0.1, 0.15) is 18.4 Å². The van der Waals surface area contributed by atoms with Gasteiger partial charge < -0.3 is 20.4 Å². The summed E-state index contributed by atoms with van der Waals surface area (Å²) in [6, 6.07) is 10.3. The highest BCUT2D eigenvalue weighted by Crippen LogP contribution is 2.15. The van der Waals surface area contributed by atoms with Crippen LogP contribution < -0.4 is 0 Å². The Balaban J connectivity index is 0.000000428. The zero-order valence-corrected chi connectivity index (χ0v) is 10.8. The summed E-state index contributed by atoms with van der Waals surface area (Å²) in [7, 11) is 0. The average Bonchev–Trinajstić information content (AvgIpc) is 2.28. The molecule has 1 aromatic rings. The summed E-state index contributed by atoms with van der Waals surface area (Å²) in [5.41, 5.74) is -1.42. The fourth-order valence-corrected chi connectivity index (χ4v) is 1.25. The first-order chi connectivity index (χ1) is 9.17. The van der Waals surface area contributed by atoms with E-state index in [4.69, 9.17) is 20.4 Å². The van der Waals surface area contributed by atoms with Crippen LogP contribution in [-0.2, 0) is 14.4 Å². The third kappa shape index (κ3) is 7.12. The number of rotatable bonds is 5. The molecule has 20 heavy (non-hydrogen) atoms. The third-order valence-corrected chi connectivity index (χ3v) is 2.23. The van der Waals surface area contributed by atoms with Gasteiger partial charge in [0.2, 0.25) is 0 Å². The Morgan fingerprint density at radius 3 is 1.55 bits per heavy atom. The molecule has 1 rings (SSSR count). The predicted molar refractivity (Wildman–Crippen MR) is 68.3 cm³/mol. The lowest BCUT2D eigenvalue weighted by Crippen LogP contribution is -2.42. The SMILES string of the molecule is Cc1ccccc1.O=C(O)CC(O)(CC(=O)O)C(=O)O. The van der Waals surface area contributed by atoms with E-state index in [9.17, 15) is 14.4 Å². The number of aryl methyl sites for hydroxylation is 1. The highest BCUT2D eigenvalue weighted by atomic mass is 16.4. The van der Waals surface area contributed by atoms with Crippen molar-refractivity contribution in [1.82, 2.24) is 0 Å². The molecule has 0 spiro atoms. The molecule has 0 saturated heterocycles. The van der Waals surface area contributed by atoms with Gasteiger partial charge in [-0.05, 0) is 6.92 Å². The van der Waals surface area contributed by atoms with Crippen molar-refractivity contribution < 1.29 is 34.8 Å². The second kappa shape index (κ2) is 7.90. The largest absolute Gasteiger partial charge is 0.481 e. The van der Waals surface area contributed by atoms with Gasteiger partial charge in [-0.2, -0.15) is 0 Å². The summed E-state index contributed by atoms with van der Waals surface area (Å²) in [4.78, 5) is 30.5. The fraction of sp³-hybridized carbons (Fsp3) is 0.308. The molecule has 0 fully saturated rings. The Kier molecular flexibility index (Phi) is 6.95.